The van der Waals surface area contributed by atoms with Crippen molar-refractivity contribution in [3.05, 3.63) is 61.5 Å². The number of rotatable bonds is 3. The van der Waals surface area contributed by atoms with Gasteiger partial charge in [-0.15, -0.1) is 0 Å². The second-order valence-corrected chi connectivity index (χ2v) is 6.35. The smallest absolute Gasteiger partial charge is 0.0467 e. The normalized spacial score (nSPS) is 10.4. The van der Waals surface area contributed by atoms with Crippen LogP contribution in [0.4, 0.5) is 5.69 Å². The first kappa shape index (κ1) is 13.9. The molecule has 2 rings (SSSR count). The van der Waals surface area contributed by atoms with E-state index in [0.29, 0.717) is 6.54 Å². The van der Waals surface area contributed by atoms with Gasteiger partial charge in [0.15, 0.2) is 0 Å². The molecule has 0 fully saturated rings. The molecular weight excluding hydrogens is 377 g/mol. The van der Waals surface area contributed by atoms with E-state index in [0.717, 1.165) is 25.2 Å². The summed E-state index contributed by atoms with van der Waals surface area (Å²) < 4.78 is 2.07. The summed E-state index contributed by atoms with van der Waals surface area (Å²) >= 11 is 13.1. The van der Waals surface area contributed by atoms with Crippen molar-refractivity contribution in [1.82, 2.24) is 0 Å². The standard InChI is InChI=1S/C14H12Br2ClN/c1-9-4-12(16)6-13(5-9)18-8-10-2-3-11(15)7-14(10)17/h2-7,18H,8H2,1H3. The molecule has 1 nitrogen and oxygen atoms in total. The van der Waals surface area contributed by atoms with Gasteiger partial charge in [-0.3, -0.25) is 0 Å². The van der Waals surface area contributed by atoms with E-state index in [9.17, 15) is 0 Å². The summed E-state index contributed by atoms with van der Waals surface area (Å²) in [7, 11) is 0. The minimum Gasteiger partial charge on any atom is -0.381 e. The molecule has 0 saturated heterocycles. The first-order valence-electron chi connectivity index (χ1n) is 5.49. The van der Waals surface area contributed by atoms with Crippen LogP contribution in [0.1, 0.15) is 11.1 Å². The monoisotopic (exact) mass is 387 g/mol. The van der Waals surface area contributed by atoms with E-state index in [1.807, 2.05) is 18.2 Å². The highest BCUT2D eigenvalue weighted by molar-refractivity contribution is 9.10. The summed E-state index contributed by atoms with van der Waals surface area (Å²) in [5.41, 5.74) is 3.38. The number of halogens is 3. The van der Waals surface area contributed by atoms with E-state index in [-0.39, 0.29) is 0 Å². The maximum Gasteiger partial charge on any atom is 0.0467 e. The van der Waals surface area contributed by atoms with Gasteiger partial charge < -0.3 is 5.32 Å². The largest absolute Gasteiger partial charge is 0.381 e. The van der Waals surface area contributed by atoms with Crippen molar-refractivity contribution >= 4 is 49.1 Å². The summed E-state index contributed by atoms with van der Waals surface area (Å²) in [6, 6.07) is 12.2. The van der Waals surface area contributed by atoms with Gasteiger partial charge in [0.2, 0.25) is 0 Å². The highest BCUT2D eigenvalue weighted by Crippen LogP contribution is 2.24. The van der Waals surface area contributed by atoms with E-state index >= 15 is 0 Å². The third-order valence-corrected chi connectivity index (χ3v) is 3.84. The van der Waals surface area contributed by atoms with Gasteiger partial charge >= 0.3 is 0 Å². The average Bonchev–Trinajstić information content (AvgIpc) is 2.26. The Balaban J connectivity index is 2.11. The van der Waals surface area contributed by atoms with Crippen LogP contribution in [-0.4, -0.2) is 0 Å². The van der Waals surface area contributed by atoms with Crippen molar-refractivity contribution in [3.63, 3.8) is 0 Å². The molecule has 94 valence electrons. The van der Waals surface area contributed by atoms with Crippen LogP contribution in [0.3, 0.4) is 0 Å². The molecule has 0 bridgehead atoms. The Kier molecular flexibility index (Phi) is 4.71. The van der Waals surface area contributed by atoms with Crippen LogP contribution >= 0.6 is 43.5 Å². The Hall–Kier alpha value is -0.510. The molecule has 0 saturated carbocycles. The van der Waals surface area contributed by atoms with E-state index < -0.39 is 0 Å². The number of aryl methyl sites for hydroxylation is 1. The van der Waals surface area contributed by atoms with Gasteiger partial charge in [0.1, 0.15) is 0 Å². The first-order chi connectivity index (χ1) is 8.54. The van der Waals surface area contributed by atoms with E-state index in [1.165, 1.54) is 5.56 Å². The van der Waals surface area contributed by atoms with E-state index in [4.69, 9.17) is 11.6 Å². The fraction of sp³-hybridized carbons (Fsp3) is 0.143. The maximum absolute atomic E-state index is 6.18. The number of hydrogen-bond donors (Lipinski definition) is 1. The topological polar surface area (TPSA) is 12.0 Å². The average molecular weight is 390 g/mol. The zero-order chi connectivity index (χ0) is 13.1. The third-order valence-electron chi connectivity index (χ3n) is 2.54. The van der Waals surface area contributed by atoms with Crippen LogP contribution in [0.25, 0.3) is 0 Å². The van der Waals surface area contributed by atoms with Gasteiger partial charge in [0.05, 0.1) is 0 Å². The molecule has 4 heteroatoms. The first-order valence-corrected chi connectivity index (χ1v) is 7.46. The predicted octanol–water partition coefficient (Wildman–Crippen LogP) is 5.79. The lowest BCUT2D eigenvalue weighted by atomic mass is 10.2. The molecule has 0 atom stereocenters. The van der Waals surface area contributed by atoms with E-state index in [2.05, 4.69) is 62.3 Å². The second kappa shape index (κ2) is 6.09. The maximum atomic E-state index is 6.18. The molecule has 0 aliphatic rings. The lowest BCUT2D eigenvalue weighted by Crippen LogP contribution is -2.00. The zero-order valence-electron chi connectivity index (χ0n) is 9.81. The molecule has 0 unspecified atom stereocenters. The number of anilines is 1. The van der Waals surface area contributed by atoms with Crippen LogP contribution in [-0.2, 0) is 6.54 Å². The lowest BCUT2D eigenvalue weighted by Gasteiger charge is -2.09. The molecule has 1 N–H and O–H groups in total. The molecule has 0 radical (unpaired) electrons. The number of benzene rings is 2. The lowest BCUT2D eigenvalue weighted by molar-refractivity contribution is 1.14. The van der Waals surface area contributed by atoms with Crippen molar-refractivity contribution in [2.45, 2.75) is 13.5 Å². The molecule has 0 aliphatic heterocycles. The SMILES string of the molecule is Cc1cc(Br)cc(NCc2ccc(Br)cc2Cl)c1. The predicted molar refractivity (Wildman–Crippen MR) is 85.4 cm³/mol. The second-order valence-electron chi connectivity index (χ2n) is 4.11. The summed E-state index contributed by atoms with van der Waals surface area (Å²) in [5.74, 6) is 0. The fourth-order valence-electron chi connectivity index (χ4n) is 1.70. The van der Waals surface area contributed by atoms with Crippen LogP contribution in [0, 0.1) is 6.92 Å². The molecule has 0 amide bonds. The molecule has 0 spiro atoms. The Morgan fingerprint density at radius 1 is 1.06 bits per heavy atom. The van der Waals surface area contributed by atoms with E-state index in [1.54, 1.807) is 0 Å². The quantitative estimate of drug-likeness (QED) is 0.701. The summed E-state index contributed by atoms with van der Waals surface area (Å²) in [5, 5.41) is 4.14. The van der Waals surface area contributed by atoms with Crippen LogP contribution in [0.2, 0.25) is 5.02 Å². The minimum atomic E-state index is 0.710. The van der Waals surface area contributed by atoms with Crippen molar-refractivity contribution in [2.24, 2.45) is 0 Å². The molecule has 2 aromatic carbocycles. The molecular formula is C14H12Br2ClN. The van der Waals surface area contributed by atoms with Crippen LogP contribution in [0.15, 0.2) is 45.3 Å². The fourth-order valence-corrected chi connectivity index (χ4v) is 3.05. The van der Waals surface area contributed by atoms with Gasteiger partial charge in [0.25, 0.3) is 0 Å². The number of nitrogens with one attached hydrogen (secondary N) is 1. The Bertz CT molecular complexity index is 549. The van der Waals surface area contributed by atoms with Crippen LogP contribution < -0.4 is 5.32 Å². The van der Waals surface area contributed by atoms with Crippen molar-refractivity contribution in [2.75, 3.05) is 5.32 Å². The molecule has 2 aromatic rings. The molecule has 0 aliphatic carbocycles. The summed E-state index contributed by atoms with van der Waals surface area (Å²) in [4.78, 5) is 0. The Labute approximate surface area is 129 Å². The van der Waals surface area contributed by atoms with Gasteiger partial charge in [-0.05, 0) is 48.4 Å². The Morgan fingerprint density at radius 2 is 1.83 bits per heavy atom. The highest BCUT2D eigenvalue weighted by atomic mass is 79.9. The minimum absolute atomic E-state index is 0.710. The van der Waals surface area contributed by atoms with Gasteiger partial charge in [0, 0.05) is 26.2 Å². The summed E-state index contributed by atoms with van der Waals surface area (Å²) in [6.07, 6.45) is 0. The van der Waals surface area contributed by atoms with Crippen molar-refractivity contribution < 1.29 is 0 Å². The van der Waals surface area contributed by atoms with Gasteiger partial charge in [-0.25, -0.2) is 0 Å². The molecule has 0 aromatic heterocycles. The summed E-state index contributed by atoms with van der Waals surface area (Å²) in [6.45, 7) is 2.78. The van der Waals surface area contributed by atoms with Crippen LogP contribution in [0.5, 0.6) is 0 Å². The third kappa shape index (κ3) is 3.74. The highest BCUT2D eigenvalue weighted by Gasteiger charge is 2.02. The van der Waals surface area contributed by atoms with Crippen molar-refractivity contribution in [1.29, 1.82) is 0 Å². The van der Waals surface area contributed by atoms with Gasteiger partial charge in [-0.1, -0.05) is 49.5 Å². The molecule has 0 heterocycles. The molecule has 18 heavy (non-hydrogen) atoms. The zero-order valence-corrected chi connectivity index (χ0v) is 13.7. The Morgan fingerprint density at radius 3 is 2.50 bits per heavy atom. The van der Waals surface area contributed by atoms with Crippen molar-refractivity contribution in [3.8, 4) is 0 Å². The number of hydrogen-bond acceptors (Lipinski definition) is 1. The van der Waals surface area contributed by atoms with Gasteiger partial charge in [-0.2, -0.15) is 0 Å².